The van der Waals surface area contributed by atoms with Crippen LogP contribution in [0.5, 0.6) is 0 Å². The number of carbonyl (C=O) groups excluding carboxylic acids is 2. The van der Waals surface area contributed by atoms with E-state index in [4.69, 9.17) is 4.74 Å². The van der Waals surface area contributed by atoms with Gasteiger partial charge in [0.25, 0.3) is 0 Å². The third kappa shape index (κ3) is 4.95. The second kappa shape index (κ2) is 6.64. The Bertz CT molecular complexity index is 719. The Morgan fingerprint density at radius 2 is 1.91 bits per heavy atom. The van der Waals surface area contributed by atoms with E-state index in [1.165, 1.54) is 0 Å². The highest BCUT2D eigenvalue weighted by molar-refractivity contribution is 6.06. The molecule has 0 aliphatic carbocycles. The number of ether oxygens (including phenoxy) is 1. The van der Waals surface area contributed by atoms with Crippen LogP contribution < -0.4 is 0 Å². The number of hydrogen-bond donors (Lipinski definition) is 0. The Morgan fingerprint density at radius 1 is 1.17 bits per heavy atom. The predicted octanol–water partition coefficient (Wildman–Crippen LogP) is 2.76. The van der Waals surface area contributed by atoms with Crippen molar-refractivity contribution < 1.29 is 14.3 Å². The number of nitrogens with zero attached hydrogens (tertiary/aromatic N) is 3. The lowest BCUT2D eigenvalue weighted by atomic mass is 10.0. The van der Waals surface area contributed by atoms with Gasteiger partial charge in [0.15, 0.2) is 5.78 Å². The zero-order valence-corrected chi connectivity index (χ0v) is 13.7. The molecule has 6 nitrogen and oxygen atoms in total. The highest BCUT2D eigenvalue weighted by Gasteiger charge is 2.20. The van der Waals surface area contributed by atoms with Gasteiger partial charge >= 0.3 is 5.97 Å². The summed E-state index contributed by atoms with van der Waals surface area (Å²) in [5.41, 5.74) is 1.11. The monoisotopic (exact) mass is 313 g/mol. The first-order valence-electron chi connectivity index (χ1n) is 7.26. The number of ketones is 1. The molecule has 0 spiro atoms. The fraction of sp³-hybridized carbons (Fsp3) is 0.353. The second-order valence-corrected chi connectivity index (χ2v) is 6.16. The number of aryl methyl sites for hydroxylation is 1. The summed E-state index contributed by atoms with van der Waals surface area (Å²) in [5, 5.41) is 7.94. The van der Waals surface area contributed by atoms with E-state index in [0.717, 1.165) is 5.56 Å². The highest BCUT2D eigenvalue weighted by atomic mass is 16.6. The molecule has 0 aliphatic rings. The van der Waals surface area contributed by atoms with Gasteiger partial charge in [0, 0.05) is 11.1 Å². The van der Waals surface area contributed by atoms with Gasteiger partial charge in [-0.1, -0.05) is 18.2 Å². The van der Waals surface area contributed by atoms with Gasteiger partial charge in [-0.15, -0.1) is 10.2 Å². The van der Waals surface area contributed by atoms with E-state index in [1.54, 1.807) is 52.1 Å². The summed E-state index contributed by atoms with van der Waals surface area (Å²) >= 11 is 0. The lowest BCUT2D eigenvalue weighted by molar-refractivity contribution is -0.153. The molecular weight excluding hydrogens is 294 g/mol. The van der Waals surface area contributed by atoms with Gasteiger partial charge in [0.05, 0.1) is 6.20 Å². The van der Waals surface area contributed by atoms with Crippen LogP contribution in [0.2, 0.25) is 0 Å². The van der Waals surface area contributed by atoms with Crippen molar-refractivity contribution in [2.45, 2.75) is 39.7 Å². The second-order valence-electron chi connectivity index (χ2n) is 6.16. The molecule has 2 rings (SSSR count). The zero-order valence-electron chi connectivity index (χ0n) is 13.7. The van der Waals surface area contributed by atoms with Gasteiger partial charge in [-0.05, 0) is 33.8 Å². The maximum Gasteiger partial charge on any atom is 0.314 e. The summed E-state index contributed by atoms with van der Waals surface area (Å²) in [6, 6.07) is 6.88. The lowest BCUT2D eigenvalue weighted by Gasteiger charge is -2.19. The summed E-state index contributed by atoms with van der Waals surface area (Å²) in [7, 11) is 0. The van der Waals surface area contributed by atoms with Gasteiger partial charge in [-0.3, -0.25) is 9.59 Å². The molecule has 0 bridgehead atoms. The summed E-state index contributed by atoms with van der Waals surface area (Å²) in [6.07, 6.45) is 1.30. The number of Topliss-reactive ketones (excluding diaryl/α,β-unsaturated/α-hetero) is 1. The number of benzene rings is 1. The van der Waals surface area contributed by atoms with Crippen LogP contribution in [0.1, 0.15) is 43.4 Å². The van der Waals surface area contributed by atoms with Crippen molar-refractivity contribution in [3.63, 3.8) is 0 Å². The van der Waals surface area contributed by atoms with Gasteiger partial charge in [0.2, 0.25) is 0 Å². The van der Waals surface area contributed by atoms with Crippen molar-refractivity contribution in [2.75, 3.05) is 0 Å². The van der Waals surface area contributed by atoms with Crippen molar-refractivity contribution in [1.29, 1.82) is 0 Å². The van der Waals surface area contributed by atoms with Gasteiger partial charge in [-0.2, -0.15) is 0 Å². The van der Waals surface area contributed by atoms with Gasteiger partial charge in [-0.25, -0.2) is 4.98 Å². The topological polar surface area (TPSA) is 82.0 Å². The molecule has 0 radical (unpaired) electrons. The van der Waals surface area contributed by atoms with E-state index in [2.05, 4.69) is 15.2 Å². The molecule has 0 amide bonds. The summed E-state index contributed by atoms with van der Waals surface area (Å²) in [5.74, 6) is -0.260. The average molecular weight is 313 g/mol. The summed E-state index contributed by atoms with van der Waals surface area (Å²) in [6.45, 7) is 7.04. The molecule has 6 heteroatoms. The fourth-order valence-corrected chi connectivity index (χ4v) is 1.93. The van der Waals surface area contributed by atoms with Crippen LogP contribution >= 0.6 is 0 Å². The minimum Gasteiger partial charge on any atom is -0.460 e. The van der Waals surface area contributed by atoms with Crippen LogP contribution in [0.4, 0.5) is 0 Å². The van der Waals surface area contributed by atoms with Crippen LogP contribution in [-0.2, 0) is 9.53 Å². The number of rotatable bonds is 4. The molecule has 2 aromatic rings. The molecule has 0 saturated heterocycles. The minimum absolute atomic E-state index is 0.293. The van der Waals surface area contributed by atoms with E-state index in [-0.39, 0.29) is 12.2 Å². The van der Waals surface area contributed by atoms with Crippen LogP contribution in [-0.4, -0.2) is 32.5 Å². The third-order valence-corrected chi connectivity index (χ3v) is 2.88. The molecule has 0 atom stereocenters. The molecule has 120 valence electrons. The highest BCUT2D eigenvalue weighted by Crippen LogP contribution is 2.18. The molecule has 0 unspecified atom stereocenters. The van der Waals surface area contributed by atoms with Crippen molar-refractivity contribution in [2.24, 2.45) is 0 Å². The van der Waals surface area contributed by atoms with Crippen LogP contribution in [0.25, 0.3) is 11.3 Å². The molecule has 1 heterocycles. The largest absolute Gasteiger partial charge is 0.460 e. The maximum absolute atomic E-state index is 12.2. The zero-order chi connectivity index (χ0) is 17.0. The molecule has 23 heavy (non-hydrogen) atoms. The van der Waals surface area contributed by atoms with Crippen LogP contribution in [0, 0.1) is 6.92 Å². The molecule has 1 aromatic heterocycles. The Hall–Kier alpha value is -2.63. The van der Waals surface area contributed by atoms with Gasteiger partial charge in [0.1, 0.15) is 23.5 Å². The van der Waals surface area contributed by atoms with E-state index >= 15 is 0 Å². The molecular formula is C17H19N3O3. The third-order valence-electron chi connectivity index (χ3n) is 2.88. The van der Waals surface area contributed by atoms with Crippen molar-refractivity contribution >= 4 is 11.8 Å². The number of carbonyl (C=O) groups is 2. The average Bonchev–Trinajstić information content (AvgIpc) is 2.46. The van der Waals surface area contributed by atoms with E-state index in [9.17, 15) is 9.59 Å². The maximum atomic E-state index is 12.2. The standard InChI is InChI=1S/C17H19N3O3/c1-11-18-10-14(20-19-11)12-6-5-7-13(8-12)15(21)9-16(22)23-17(2,3)4/h5-8,10H,9H2,1-4H3. The van der Waals surface area contributed by atoms with Crippen molar-refractivity contribution in [3.05, 3.63) is 41.9 Å². The summed E-state index contributed by atoms with van der Waals surface area (Å²) < 4.78 is 5.17. The normalized spacial score (nSPS) is 11.1. The van der Waals surface area contributed by atoms with Gasteiger partial charge < -0.3 is 4.74 Å². The Labute approximate surface area is 134 Å². The van der Waals surface area contributed by atoms with Crippen LogP contribution in [0.15, 0.2) is 30.5 Å². The Kier molecular flexibility index (Phi) is 4.83. The van der Waals surface area contributed by atoms with E-state index < -0.39 is 11.6 Å². The van der Waals surface area contributed by atoms with Crippen molar-refractivity contribution in [1.82, 2.24) is 15.2 Å². The summed E-state index contributed by atoms with van der Waals surface area (Å²) in [4.78, 5) is 28.1. The van der Waals surface area contributed by atoms with E-state index in [0.29, 0.717) is 17.1 Å². The smallest absolute Gasteiger partial charge is 0.314 e. The first-order chi connectivity index (χ1) is 10.7. The molecule has 1 aromatic carbocycles. The van der Waals surface area contributed by atoms with Crippen LogP contribution in [0.3, 0.4) is 0 Å². The SMILES string of the molecule is Cc1ncc(-c2cccc(C(=O)CC(=O)OC(C)(C)C)c2)nn1. The quantitative estimate of drug-likeness (QED) is 0.490. The number of hydrogen-bond acceptors (Lipinski definition) is 6. The Balaban J connectivity index is 2.14. The first kappa shape index (κ1) is 16.7. The number of aromatic nitrogens is 3. The minimum atomic E-state index is -0.609. The van der Waals surface area contributed by atoms with E-state index in [1.807, 2.05) is 6.07 Å². The lowest BCUT2D eigenvalue weighted by Crippen LogP contribution is -2.25. The molecule has 0 fully saturated rings. The molecule has 0 aliphatic heterocycles. The predicted molar refractivity (Wildman–Crippen MR) is 84.8 cm³/mol. The molecule has 0 saturated carbocycles. The molecule has 0 N–H and O–H groups in total. The number of esters is 1. The Morgan fingerprint density at radius 3 is 2.52 bits per heavy atom. The van der Waals surface area contributed by atoms with Crippen molar-refractivity contribution in [3.8, 4) is 11.3 Å². The first-order valence-corrected chi connectivity index (χ1v) is 7.26. The fourth-order valence-electron chi connectivity index (χ4n) is 1.93.